The first-order valence-electron chi connectivity index (χ1n) is 23.2. The zero-order valence-corrected chi connectivity index (χ0v) is 41.2. The summed E-state index contributed by atoms with van der Waals surface area (Å²) in [6, 6.07) is 14.4. The molecular formula is C50H82N6O8. The van der Waals surface area contributed by atoms with Gasteiger partial charge in [-0.05, 0) is 60.9 Å². The van der Waals surface area contributed by atoms with E-state index < -0.39 is 54.2 Å². The van der Waals surface area contributed by atoms with Crippen LogP contribution in [0.4, 0.5) is 5.69 Å². The van der Waals surface area contributed by atoms with Crippen molar-refractivity contribution in [3.05, 3.63) is 65.7 Å². The van der Waals surface area contributed by atoms with E-state index in [2.05, 4.69) is 17.6 Å². The lowest BCUT2D eigenvalue weighted by Gasteiger charge is -2.41. The molecule has 0 bridgehead atoms. The molecule has 2 aromatic rings. The maximum absolute atomic E-state index is 14.6. The zero-order chi connectivity index (χ0) is 48.1. The van der Waals surface area contributed by atoms with E-state index in [1.54, 1.807) is 30.9 Å². The van der Waals surface area contributed by atoms with E-state index in [1.165, 1.54) is 14.2 Å². The lowest BCUT2D eigenvalue weighted by atomic mass is 9.89. The number of hydrogen-bond donors (Lipinski definition) is 3. The highest BCUT2D eigenvalue weighted by Gasteiger charge is 2.40. The van der Waals surface area contributed by atoms with Gasteiger partial charge < -0.3 is 40.4 Å². The Morgan fingerprint density at radius 1 is 0.734 bits per heavy atom. The number of nitrogens with one attached hydrogen (secondary N) is 2. The van der Waals surface area contributed by atoms with Gasteiger partial charge in [-0.25, -0.2) is 4.79 Å². The van der Waals surface area contributed by atoms with Crippen molar-refractivity contribution in [1.29, 1.82) is 0 Å². The molecule has 0 aromatic heterocycles. The van der Waals surface area contributed by atoms with Crippen molar-refractivity contribution in [2.75, 3.05) is 60.8 Å². The number of amides is 4. The average Bonchev–Trinajstić information content (AvgIpc) is 3.27. The molecule has 2 aromatic carbocycles. The smallest absolute Gasteiger partial charge is 0.328 e. The summed E-state index contributed by atoms with van der Waals surface area (Å²) in [6.45, 7) is 16.9. The summed E-state index contributed by atoms with van der Waals surface area (Å²) in [4.78, 5) is 75.1. The van der Waals surface area contributed by atoms with E-state index in [0.29, 0.717) is 25.2 Å². The van der Waals surface area contributed by atoms with Gasteiger partial charge in [0.25, 0.3) is 0 Å². The van der Waals surface area contributed by atoms with Crippen LogP contribution < -0.4 is 16.4 Å². The number of ether oxygens (including phenoxy) is 3. The number of likely N-dealkylation sites (N-methyl/N-ethyl adjacent to an activating group) is 2. The Morgan fingerprint density at radius 2 is 1.36 bits per heavy atom. The second-order valence-corrected chi connectivity index (χ2v) is 18.1. The van der Waals surface area contributed by atoms with Gasteiger partial charge in [-0.1, -0.05) is 117 Å². The molecule has 0 fully saturated rings. The van der Waals surface area contributed by atoms with Crippen LogP contribution in [0.15, 0.2) is 54.6 Å². The molecule has 1 unspecified atom stereocenters. The van der Waals surface area contributed by atoms with Gasteiger partial charge in [0.15, 0.2) is 0 Å². The van der Waals surface area contributed by atoms with Crippen LogP contribution in [0.1, 0.15) is 98.6 Å². The number of esters is 1. The van der Waals surface area contributed by atoms with Crippen molar-refractivity contribution in [1.82, 2.24) is 25.3 Å². The normalized spacial score (nSPS) is 15.4. The van der Waals surface area contributed by atoms with Gasteiger partial charge in [-0.2, -0.15) is 0 Å². The lowest BCUT2D eigenvalue weighted by Crippen LogP contribution is -2.60. The van der Waals surface area contributed by atoms with Crippen molar-refractivity contribution in [3.8, 4) is 0 Å². The third kappa shape index (κ3) is 17.1. The predicted molar refractivity (Wildman–Crippen MR) is 254 cm³/mol. The maximum Gasteiger partial charge on any atom is 0.328 e. The third-order valence-electron chi connectivity index (χ3n) is 12.6. The van der Waals surface area contributed by atoms with Crippen LogP contribution in [0.2, 0.25) is 0 Å². The summed E-state index contributed by atoms with van der Waals surface area (Å²) >= 11 is 0. The van der Waals surface area contributed by atoms with Gasteiger partial charge in [-0.15, -0.1) is 0 Å². The van der Waals surface area contributed by atoms with E-state index in [9.17, 15) is 24.0 Å². The summed E-state index contributed by atoms with van der Waals surface area (Å²) in [7, 11) is 8.02. The lowest BCUT2D eigenvalue weighted by molar-refractivity contribution is -0.148. The standard InChI is InChI=1S/C50H82N6O8/c1-14-16-20-28-56(32-42(63-12)36(8)47(58)52-40(50(61)64-13)30-38-21-18-17-19-22-38)43(57)31-41(62-11)46(35(7)15-2)55(10)49(60)44(33(3)4)53-48(59)45(34(5)6)54(9)29-27-37-23-25-39(51)26-24-37/h17-19,21-26,33-36,40-42,44-46H,14-16,20,27-32,51H2,1-13H3,(H,52,58)(H,53,59)/t35-,36+,40-,41+,42-,44?,45-,46-/m0/s1. The number of nitrogens with zero attached hydrogens (tertiary/aromatic N) is 3. The summed E-state index contributed by atoms with van der Waals surface area (Å²) in [5, 5.41) is 5.98. The Kier molecular flexibility index (Phi) is 24.7. The molecule has 8 atom stereocenters. The number of carbonyl (C=O) groups excluding carboxylic acids is 5. The average molecular weight is 895 g/mol. The summed E-state index contributed by atoms with van der Waals surface area (Å²) < 4.78 is 17.0. The number of nitrogen functional groups attached to an aromatic ring is 1. The van der Waals surface area contributed by atoms with E-state index in [4.69, 9.17) is 19.9 Å². The topological polar surface area (TPSA) is 173 Å². The summed E-state index contributed by atoms with van der Waals surface area (Å²) in [6.07, 6.45) is 2.88. The second-order valence-electron chi connectivity index (χ2n) is 18.1. The number of rotatable bonds is 29. The van der Waals surface area contributed by atoms with Gasteiger partial charge in [0.05, 0.1) is 43.7 Å². The molecule has 0 radical (unpaired) electrons. The number of methoxy groups -OCH3 is 3. The number of hydrogen-bond acceptors (Lipinski definition) is 10. The van der Waals surface area contributed by atoms with Gasteiger partial charge in [0.1, 0.15) is 12.1 Å². The van der Waals surface area contributed by atoms with Gasteiger partial charge in [0, 0.05) is 53.0 Å². The van der Waals surface area contributed by atoms with Crippen LogP contribution in [0.25, 0.3) is 0 Å². The molecule has 0 aliphatic heterocycles. The fourth-order valence-corrected chi connectivity index (χ4v) is 8.32. The molecule has 2 rings (SSSR count). The molecule has 14 heteroatoms. The van der Waals surface area contributed by atoms with Crippen molar-refractivity contribution in [2.45, 2.75) is 137 Å². The highest BCUT2D eigenvalue weighted by atomic mass is 16.5. The van der Waals surface area contributed by atoms with Crippen LogP contribution >= 0.6 is 0 Å². The number of carbonyl (C=O) groups is 5. The Labute approximate surface area is 384 Å². The molecule has 0 spiro atoms. The summed E-state index contributed by atoms with van der Waals surface area (Å²) in [5.74, 6) is -2.69. The van der Waals surface area contributed by atoms with Crippen molar-refractivity contribution in [3.63, 3.8) is 0 Å². The van der Waals surface area contributed by atoms with Crippen molar-refractivity contribution in [2.24, 2.45) is 23.7 Å². The molecule has 4 N–H and O–H groups in total. The Hall–Kier alpha value is -4.53. The quantitative estimate of drug-likeness (QED) is 0.0519. The highest BCUT2D eigenvalue weighted by Crippen LogP contribution is 2.25. The fraction of sp³-hybridized carbons (Fsp3) is 0.660. The Bertz CT molecular complexity index is 1710. The summed E-state index contributed by atoms with van der Waals surface area (Å²) in [5.41, 5.74) is 8.56. The van der Waals surface area contributed by atoms with Gasteiger partial charge in [0.2, 0.25) is 23.6 Å². The fourth-order valence-electron chi connectivity index (χ4n) is 8.32. The number of unbranched alkanes of at least 4 members (excludes halogenated alkanes) is 2. The largest absolute Gasteiger partial charge is 0.467 e. The zero-order valence-electron chi connectivity index (χ0n) is 41.2. The first-order chi connectivity index (χ1) is 30.3. The first kappa shape index (κ1) is 55.6. The van der Waals surface area contributed by atoms with E-state index in [0.717, 1.165) is 36.8 Å². The molecular weight excluding hydrogens is 813 g/mol. The minimum absolute atomic E-state index is 0.0271. The SMILES string of the molecule is CCCCCN(C[C@H](OC)[C@@H](C)C(=O)N[C@@H](Cc1ccccc1)C(=O)OC)C(=O)C[C@@H](OC)[C@H]([C@@H](C)CC)N(C)C(=O)C(NC(=O)[C@H](C(C)C)N(C)CCc1ccc(N)cc1)C(C)C. The number of benzene rings is 2. The molecule has 360 valence electrons. The molecule has 4 amide bonds. The Balaban J connectivity index is 2.32. The van der Waals surface area contributed by atoms with Gasteiger partial charge >= 0.3 is 5.97 Å². The monoisotopic (exact) mass is 895 g/mol. The minimum Gasteiger partial charge on any atom is -0.467 e. The van der Waals surface area contributed by atoms with Crippen LogP contribution in [0.5, 0.6) is 0 Å². The molecule has 14 nitrogen and oxygen atoms in total. The molecule has 0 heterocycles. The predicted octanol–water partition coefficient (Wildman–Crippen LogP) is 5.76. The molecule has 64 heavy (non-hydrogen) atoms. The molecule has 0 saturated carbocycles. The maximum atomic E-state index is 14.6. The molecule has 0 aliphatic carbocycles. The van der Waals surface area contributed by atoms with Crippen LogP contribution in [-0.4, -0.2) is 136 Å². The van der Waals surface area contributed by atoms with Crippen LogP contribution in [0, 0.1) is 23.7 Å². The molecule has 0 saturated heterocycles. The van der Waals surface area contributed by atoms with Crippen LogP contribution in [-0.2, 0) is 51.0 Å². The number of anilines is 1. The highest BCUT2D eigenvalue weighted by molar-refractivity contribution is 5.90. The van der Waals surface area contributed by atoms with Crippen molar-refractivity contribution < 1.29 is 38.2 Å². The van der Waals surface area contributed by atoms with Crippen molar-refractivity contribution >= 4 is 35.3 Å². The van der Waals surface area contributed by atoms with E-state index >= 15 is 0 Å². The number of nitrogens with two attached hydrogens (primary N) is 1. The third-order valence-corrected chi connectivity index (χ3v) is 12.6. The second kappa shape index (κ2) is 28.4. The Morgan fingerprint density at radius 3 is 1.89 bits per heavy atom. The first-order valence-corrected chi connectivity index (χ1v) is 23.2. The van der Waals surface area contributed by atoms with Crippen LogP contribution in [0.3, 0.4) is 0 Å². The molecule has 0 aliphatic rings. The van der Waals surface area contributed by atoms with Gasteiger partial charge in [-0.3, -0.25) is 24.1 Å². The van der Waals surface area contributed by atoms with E-state index in [-0.39, 0.29) is 54.9 Å². The van der Waals surface area contributed by atoms with E-state index in [1.807, 2.05) is 108 Å². The minimum atomic E-state index is -0.908.